The summed E-state index contributed by atoms with van der Waals surface area (Å²) in [5.41, 5.74) is 3.06. The second-order valence-electron chi connectivity index (χ2n) is 7.65. The van der Waals surface area contributed by atoms with E-state index in [4.69, 9.17) is 5.10 Å². The zero-order valence-electron chi connectivity index (χ0n) is 17.5. The number of amides is 1. The highest BCUT2D eigenvalue weighted by molar-refractivity contribution is 5.92. The molecule has 0 spiro atoms. The van der Waals surface area contributed by atoms with E-state index in [9.17, 15) is 4.79 Å². The van der Waals surface area contributed by atoms with Gasteiger partial charge in [-0.2, -0.15) is 9.61 Å². The summed E-state index contributed by atoms with van der Waals surface area (Å²) in [7, 11) is 1.85. The monoisotopic (exact) mass is 417 g/mol. The van der Waals surface area contributed by atoms with Gasteiger partial charge in [0.1, 0.15) is 5.82 Å². The van der Waals surface area contributed by atoms with E-state index in [1.165, 1.54) is 0 Å². The molecule has 0 aromatic carbocycles. The smallest absolute Gasteiger partial charge is 0.274 e. The largest absolute Gasteiger partial charge is 0.353 e. The molecule has 1 aliphatic heterocycles. The summed E-state index contributed by atoms with van der Waals surface area (Å²) in [5.74, 6) is 1.50. The molecular weight excluding hydrogens is 394 g/mol. The van der Waals surface area contributed by atoms with Gasteiger partial charge in [0.25, 0.3) is 5.91 Å². The first kappa shape index (κ1) is 19.2. The van der Waals surface area contributed by atoms with E-state index in [0.29, 0.717) is 36.8 Å². The lowest BCUT2D eigenvalue weighted by Gasteiger charge is -2.22. The van der Waals surface area contributed by atoms with Crippen LogP contribution in [0, 0.1) is 6.92 Å². The molecule has 10 nitrogen and oxygen atoms in total. The van der Waals surface area contributed by atoms with Gasteiger partial charge >= 0.3 is 0 Å². The number of nitrogens with zero attached hydrogens (tertiary/aromatic N) is 9. The molecule has 158 valence electrons. The lowest BCUT2D eigenvalue weighted by atomic mass is 10.2. The molecule has 0 bridgehead atoms. The number of aryl methyl sites for hydroxylation is 2. The number of rotatable bonds is 3. The van der Waals surface area contributed by atoms with Gasteiger partial charge in [-0.05, 0) is 43.7 Å². The first-order chi connectivity index (χ1) is 15.1. The Bertz CT molecular complexity index is 1210. The van der Waals surface area contributed by atoms with E-state index in [1.807, 2.05) is 49.2 Å². The number of carbonyl (C=O) groups excluding carboxylic acids is 1. The van der Waals surface area contributed by atoms with Gasteiger partial charge in [0, 0.05) is 56.9 Å². The van der Waals surface area contributed by atoms with E-state index in [0.717, 1.165) is 30.0 Å². The van der Waals surface area contributed by atoms with Crippen molar-refractivity contribution in [1.29, 1.82) is 0 Å². The fourth-order valence-electron chi connectivity index (χ4n) is 3.81. The third kappa shape index (κ3) is 3.60. The van der Waals surface area contributed by atoms with Crippen LogP contribution in [0.15, 0.2) is 42.7 Å². The molecular formula is C21H23N9O. The minimum atomic E-state index is -0.0206. The van der Waals surface area contributed by atoms with Crippen LogP contribution in [-0.4, -0.2) is 71.6 Å². The standard InChI is InChI=1S/C21H23N9O/c1-15-14-17(25-27(15)2)21(31)29-11-3-10-28(12-13-29)19-5-4-18-23-24-20(30(18)26-19)16-6-8-22-9-7-16/h4-9,14H,3,10-13H2,1-2H3. The Morgan fingerprint density at radius 3 is 2.58 bits per heavy atom. The summed E-state index contributed by atoms with van der Waals surface area (Å²) in [4.78, 5) is 21.0. The van der Waals surface area contributed by atoms with Gasteiger partial charge in [-0.1, -0.05) is 0 Å². The number of hydrogen-bond acceptors (Lipinski definition) is 7. The average molecular weight is 417 g/mol. The summed E-state index contributed by atoms with van der Waals surface area (Å²) in [5, 5.41) is 17.7. The first-order valence-corrected chi connectivity index (χ1v) is 10.3. The summed E-state index contributed by atoms with van der Waals surface area (Å²) < 4.78 is 3.49. The zero-order valence-corrected chi connectivity index (χ0v) is 17.5. The molecule has 5 rings (SSSR count). The number of anilines is 1. The molecule has 1 amide bonds. The van der Waals surface area contributed by atoms with E-state index in [2.05, 4.69) is 25.2 Å². The van der Waals surface area contributed by atoms with Crippen LogP contribution in [0.2, 0.25) is 0 Å². The summed E-state index contributed by atoms with van der Waals surface area (Å²) in [6.07, 6.45) is 4.31. The Kier molecular flexibility index (Phi) is 4.81. The van der Waals surface area contributed by atoms with Crippen molar-refractivity contribution in [1.82, 2.24) is 39.5 Å². The van der Waals surface area contributed by atoms with Gasteiger partial charge in [-0.3, -0.25) is 14.5 Å². The predicted molar refractivity (Wildman–Crippen MR) is 115 cm³/mol. The Morgan fingerprint density at radius 2 is 1.81 bits per heavy atom. The second-order valence-corrected chi connectivity index (χ2v) is 7.65. The molecule has 4 aromatic rings. The first-order valence-electron chi connectivity index (χ1n) is 10.3. The highest BCUT2D eigenvalue weighted by Gasteiger charge is 2.23. The molecule has 0 radical (unpaired) electrons. The maximum Gasteiger partial charge on any atom is 0.274 e. The van der Waals surface area contributed by atoms with E-state index in [1.54, 1.807) is 21.6 Å². The van der Waals surface area contributed by atoms with Crippen molar-refractivity contribution in [3.8, 4) is 11.4 Å². The molecule has 31 heavy (non-hydrogen) atoms. The predicted octanol–water partition coefficient (Wildman–Crippen LogP) is 1.58. The topological polar surface area (TPSA) is 97.3 Å². The van der Waals surface area contributed by atoms with E-state index >= 15 is 0 Å². The molecule has 1 aliphatic rings. The molecule has 1 saturated heterocycles. The van der Waals surface area contributed by atoms with Crippen molar-refractivity contribution >= 4 is 17.4 Å². The Balaban J connectivity index is 1.37. The van der Waals surface area contributed by atoms with Gasteiger partial charge in [-0.25, -0.2) is 0 Å². The lowest BCUT2D eigenvalue weighted by molar-refractivity contribution is 0.0760. The maximum atomic E-state index is 12.9. The van der Waals surface area contributed by atoms with Crippen molar-refractivity contribution in [3.05, 3.63) is 54.1 Å². The Morgan fingerprint density at radius 1 is 0.968 bits per heavy atom. The van der Waals surface area contributed by atoms with Crippen molar-refractivity contribution in [2.45, 2.75) is 13.3 Å². The summed E-state index contributed by atoms with van der Waals surface area (Å²) in [6, 6.07) is 9.50. The molecule has 1 fully saturated rings. The quantitative estimate of drug-likeness (QED) is 0.499. The SMILES string of the molecule is Cc1cc(C(=O)N2CCCN(c3ccc4nnc(-c5ccncc5)n4n3)CC2)nn1C. The van der Waals surface area contributed by atoms with Gasteiger partial charge in [0.15, 0.2) is 17.2 Å². The second kappa shape index (κ2) is 7.78. The number of fused-ring (bicyclic) bond motifs is 1. The van der Waals surface area contributed by atoms with Crippen molar-refractivity contribution in [3.63, 3.8) is 0 Å². The number of pyridine rings is 1. The van der Waals surface area contributed by atoms with Crippen molar-refractivity contribution in [2.75, 3.05) is 31.1 Å². The van der Waals surface area contributed by atoms with Crippen LogP contribution in [0.1, 0.15) is 22.6 Å². The van der Waals surface area contributed by atoms with Gasteiger partial charge in [-0.15, -0.1) is 15.3 Å². The van der Waals surface area contributed by atoms with Crippen LogP contribution in [-0.2, 0) is 7.05 Å². The molecule has 0 unspecified atom stereocenters. The third-order valence-electron chi connectivity index (χ3n) is 5.63. The highest BCUT2D eigenvalue weighted by atomic mass is 16.2. The van der Waals surface area contributed by atoms with Crippen LogP contribution in [0.25, 0.3) is 17.0 Å². The third-order valence-corrected chi connectivity index (χ3v) is 5.63. The number of hydrogen-bond donors (Lipinski definition) is 0. The van der Waals surface area contributed by atoms with Crippen LogP contribution in [0.5, 0.6) is 0 Å². The molecule has 0 N–H and O–H groups in total. The molecule has 0 aliphatic carbocycles. The average Bonchev–Trinajstić information content (AvgIpc) is 3.26. The maximum absolute atomic E-state index is 12.9. The highest BCUT2D eigenvalue weighted by Crippen LogP contribution is 2.20. The Hall–Kier alpha value is -3.82. The zero-order chi connectivity index (χ0) is 21.4. The lowest BCUT2D eigenvalue weighted by Crippen LogP contribution is -2.35. The normalized spacial score (nSPS) is 14.8. The van der Waals surface area contributed by atoms with Crippen molar-refractivity contribution < 1.29 is 4.79 Å². The molecule has 0 atom stereocenters. The van der Waals surface area contributed by atoms with Gasteiger partial charge in [0.2, 0.25) is 0 Å². The Labute approximate surface area is 179 Å². The summed E-state index contributed by atoms with van der Waals surface area (Å²) in [6.45, 7) is 4.77. The van der Waals surface area contributed by atoms with Gasteiger partial charge in [0.05, 0.1) is 0 Å². The molecule has 5 heterocycles. The van der Waals surface area contributed by atoms with E-state index < -0.39 is 0 Å². The molecule has 10 heteroatoms. The fraction of sp³-hybridized carbons (Fsp3) is 0.333. The molecule has 4 aromatic heterocycles. The van der Waals surface area contributed by atoms with Crippen LogP contribution >= 0.6 is 0 Å². The van der Waals surface area contributed by atoms with Crippen LogP contribution in [0.4, 0.5) is 5.82 Å². The van der Waals surface area contributed by atoms with E-state index in [-0.39, 0.29) is 5.91 Å². The van der Waals surface area contributed by atoms with Crippen LogP contribution < -0.4 is 4.90 Å². The fourth-order valence-corrected chi connectivity index (χ4v) is 3.81. The minimum absolute atomic E-state index is 0.0206. The number of carbonyl (C=O) groups is 1. The molecule has 0 saturated carbocycles. The number of aromatic nitrogens is 7. The summed E-state index contributed by atoms with van der Waals surface area (Å²) >= 11 is 0. The minimum Gasteiger partial charge on any atom is -0.353 e. The van der Waals surface area contributed by atoms with Crippen molar-refractivity contribution in [2.24, 2.45) is 7.05 Å². The van der Waals surface area contributed by atoms with Crippen LogP contribution in [0.3, 0.4) is 0 Å². The van der Waals surface area contributed by atoms with Gasteiger partial charge < -0.3 is 9.80 Å².